The van der Waals surface area contributed by atoms with Gasteiger partial charge in [0.25, 0.3) is 5.91 Å². The molecule has 2 N–H and O–H groups in total. The zero-order chi connectivity index (χ0) is 22.5. The van der Waals surface area contributed by atoms with Crippen molar-refractivity contribution in [2.75, 3.05) is 6.54 Å². The molecule has 4 aromatic rings. The number of aromatic nitrogens is 1. The van der Waals surface area contributed by atoms with Crippen molar-refractivity contribution in [1.29, 1.82) is 5.26 Å². The summed E-state index contributed by atoms with van der Waals surface area (Å²) >= 11 is 0. The molecule has 0 atom stereocenters. The Hall–Kier alpha value is -4.37. The lowest BCUT2D eigenvalue weighted by Gasteiger charge is -2.04. The zero-order valence-electron chi connectivity index (χ0n) is 17.5. The monoisotopic (exact) mass is 423 g/mol. The molecule has 0 aliphatic heterocycles. The lowest BCUT2D eigenvalue weighted by atomic mass is 10.1. The second-order valence-electron chi connectivity index (χ2n) is 7.37. The van der Waals surface area contributed by atoms with E-state index in [0.717, 1.165) is 22.0 Å². The van der Waals surface area contributed by atoms with Crippen LogP contribution < -0.4 is 5.32 Å². The zero-order valence-corrected chi connectivity index (χ0v) is 17.5. The maximum atomic E-state index is 12.5. The van der Waals surface area contributed by atoms with Crippen molar-refractivity contribution < 1.29 is 14.0 Å². The third-order valence-electron chi connectivity index (χ3n) is 5.21. The largest absolute Gasteiger partial charge is 0.457 e. The van der Waals surface area contributed by atoms with Crippen LogP contribution in [0.4, 0.5) is 0 Å². The van der Waals surface area contributed by atoms with Gasteiger partial charge in [0.15, 0.2) is 5.78 Å². The van der Waals surface area contributed by atoms with Crippen molar-refractivity contribution >= 4 is 28.7 Å². The molecule has 0 saturated carbocycles. The number of benzene rings is 2. The fourth-order valence-corrected chi connectivity index (χ4v) is 3.49. The molecule has 6 heteroatoms. The number of nitrogens with zero attached hydrogens (tertiary/aromatic N) is 1. The smallest absolute Gasteiger partial charge is 0.262 e. The molecule has 6 nitrogen and oxygen atoms in total. The minimum absolute atomic E-state index is 0.00557. The Bertz CT molecular complexity index is 1350. The van der Waals surface area contributed by atoms with Crippen molar-refractivity contribution in [2.24, 2.45) is 0 Å². The number of hydrogen-bond acceptors (Lipinski definition) is 4. The highest BCUT2D eigenvalue weighted by Crippen LogP contribution is 2.24. The Balaban J connectivity index is 1.40. The van der Waals surface area contributed by atoms with Crippen LogP contribution in [-0.4, -0.2) is 23.2 Å². The average molecular weight is 423 g/mol. The molecule has 4 rings (SSSR count). The summed E-state index contributed by atoms with van der Waals surface area (Å²) in [6.07, 6.45) is 4.01. The molecule has 0 unspecified atom stereocenters. The summed E-state index contributed by atoms with van der Waals surface area (Å²) < 4.78 is 5.77. The molecule has 0 saturated heterocycles. The van der Waals surface area contributed by atoms with Crippen LogP contribution in [0.25, 0.3) is 28.3 Å². The van der Waals surface area contributed by atoms with Crippen molar-refractivity contribution in [3.8, 4) is 17.4 Å². The number of hydrogen-bond donors (Lipinski definition) is 2. The fraction of sp³-hybridized carbons (Fsp3) is 0.115. The lowest BCUT2D eigenvalue weighted by Crippen LogP contribution is -2.26. The number of fused-ring (bicyclic) bond motifs is 1. The first-order valence-corrected chi connectivity index (χ1v) is 10.2. The highest BCUT2D eigenvalue weighted by molar-refractivity contribution is 6.01. The predicted octanol–water partition coefficient (Wildman–Crippen LogP) is 4.90. The van der Waals surface area contributed by atoms with Crippen molar-refractivity contribution in [3.05, 3.63) is 89.3 Å². The van der Waals surface area contributed by atoms with Gasteiger partial charge in [0, 0.05) is 40.8 Å². The minimum atomic E-state index is -0.448. The van der Waals surface area contributed by atoms with E-state index in [1.807, 2.05) is 36.5 Å². The summed E-state index contributed by atoms with van der Waals surface area (Å²) in [5.74, 6) is 0.535. The number of carbonyl (C=O) groups excluding carboxylic acids is 2. The van der Waals surface area contributed by atoms with Gasteiger partial charge in [-0.2, -0.15) is 5.26 Å². The van der Waals surface area contributed by atoms with Gasteiger partial charge in [0.2, 0.25) is 0 Å². The number of nitrogens with one attached hydrogen (secondary N) is 2. The second-order valence-corrected chi connectivity index (χ2v) is 7.37. The number of carbonyl (C=O) groups is 2. The van der Waals surface area contributed by atoms with Crippen LogP contribution in [-0.2, 0) is 11.2 Å². The molecule has 2 heterocycles. The predicted molar refractivity (Wildman–Crippen MR) is 123 cm³/mol. The summed E-state index contributed by atoms with van der Waals surface area (Å²) in [4.78, 5) is 27.1. The number of para-hydroxylation sites is 1. The van der Waals surface area contributed by atoms with Crippen molar-refractivity contribution in [1.82, 2.24) is 10.3 Å². The molecule has 2 aromatic carbocycles. The molecular formula is C26H21N3O3. The number of furan rings is 1. The van der Waals surface area contributed by atoms with Gasteiger partial charge in [-0.3, -0.25) is 9.59 Å². The topological polar surface area (TPSA) is 98.9 Å². The minimum Gasteiger partial charge on any atom is -0.457 e. The van der Waals surface area contributed by atoms with Crippen LogP contribution >= 0.6 is 0 Å². The van der Waals surface area contributed by atoms with Gasteiger partial charge in [-0.25, -0.2) is 0 Å². The third kappa shape index (κ3) is 4.52. The molecular weight excluding hydrogens is 402 g/mol. The van der Waals surface area contributed by atoms with Crippen LogP contribution in [0, 0.1) is 11.3 Å². The molecule has 0 radical (unpaired) electrons. The molecule has 0 aliphatic carbocycles. The van der Waals surface area contributed by atoms with E-state index in [2.05, 4.69) is 10.3 Å². The van der Waals surface area contributed by atoms with E-state index in [1.54, 1.807) is 36.4 Å². The van der Waals surface area contributed by atoms with Crippen LogP contribution in [0.15, 0.2) is 76.9 Å². The molecule has 1 amide bonds. The van der Waals surface area contributed by atoms with E-state index in [4.69, 9.17) is 4.42 Å². The Morgan fingerprint density at radius 1 is 1.09 bits per heavy atom. The fourth-order valence-electron chi connectivity index (χ4n) is 3.49. The lowest BCUT2D eigenvalue weighted by molar-refractivity contribution is -0.117. The number of aromatic amines is 1. The summed E-state index contributed by atoms with van der Waals surface area (Å²) in [7, 11) is 0. The number of ketones is 1. The molecule has 0 bridgehead atoms. The van der Waals surface area contributed by atoms with Crippen molar-refractivity contribution in [2.45, 2.75) is 13.3 Å². The van der Waals surface area contributed by atoms with Crippen LogP contribution in [0.5, 0.6) is 0 Å². The van der Waals surface area contributed by atoms with Gasteiger partial charge in [0.05, 0.1) is 0 Å². The number of amides is 1. The van der Waals surface area contributed by atoms with E-state index < -0.39 is 5.91 Å². The summed E-state index contributed by atoms with van der Waals surface area (Å²) in [5.41, 5.74) is 3.55. The van der Waals surface area contributed by atoms with Gasteiger partial charge in [-0.15, -0.1) is 0 Å². The normalized spacial score (nSPS) is 11.3. The number of nitriles is 1. The maximum Gasteiger partial charge on any atom is 0.262 e. The Kier molecular flexibility index (Phi) is 6.00. The maximum absolute atomic E-state index is 12.5. The van der Waals surface area contributed by atoms with Crippen LogP contribution in [0.1, 0.15) is 28.6 Å². The van der Waals surface area contributed by atoms with E-state index in [0.29, 0.717) is 30.0 Å². The SMILES string of the molecule is CC(=O)c1ccc(-c2ccc(/C=C(/C#N)C(=O)NCCc3c[nH]c4ccccc34)o2)cc1. The Morgan fingerprint density at radius 3 is 2.62 bits per heavy atom. The molecule has 0 spiro atoms. The first kappa shape index (κ1) is 20.9. The van der Waals surface area contributed by atoms with Crippen LogP contribution in [0.2, 0.25) is 0 Å². The van der Waals surface area contributed by atoms with Gasteiger partial charge in [0.1, 0.15) is 23.2 Å². The van der Waals surface area contributed by atoms with Gasteiger partial charge < -0.3 is 14.7 Å². The Labute approximate surface area is 185 Å². The van der Waals surface area contributed by atoms with Gasteiger partial charge in [-0.1, -0.05) is 42.5 Å². The van der Waals surface area contributed by atoms with E-state index in [-0.39, 0.29) is 11.4 Å². The summed E-state index contributed by atoms with van der Waals surface area (Å²) in [5, 5.41) is 13.3. The van der Waals surface area contributed by atoms with Gasteiger partial charge in [-0.05, 0) is 37.1 Å². The van der Waals surface area contributed by atoms with E-state index >= 15 is 0 Å². The van der Waals surface area contributed by atoms with Crippen LogP contribution in [0.3, 0.4) is 0 Å². The quantitative estimate of drug-likeness (QED) is 0.251. The van der Waals surface area contributed by atoms with E-state index in [9.17, 15) is 14.9 Å². The van der Waals surface area contributed by atoms with E-state index in [1.165, 1.54) is 13.0 Å². The molecule has 32 heavy (non-hydrogen) atoms. The summed E-state index contributed by atoms with van der Waals surface area (Å²) in [6.45, 7) is 1.92. The second kappa shape index (κ2) is 9.19. The molecule has 158 valence electrons. The third-order valence-corrected chi connectivity index (χ3v) is 5.21. The van der Waals surface area contributed by atoms with Crippen molar-refractivity contribution in [3.63, 3.8) is 0 Å². The highest BCUT2D eigenvalue weighted by atomic mass is 16.3. The highest BCUT2D eigenvalue weighted by Gasteiger charge is 2.12. The first-order valence-electron chi connectivity index (χ1n) is 10.2. The number of rotatable bonds is 7. The molecule has 2 aromatic heterocycles. The first-order chi connectivity index (χ1) is 15.5. The standard InChI is InChI=1S/C26H21N3O3/c1-17(30)18-6-8-19(9-7-18)25-11-10-22(32-25)14-21(15-27)26(31)28-13-12-20-16-29-24-5-3-2-4-23(20)24/h2-11,14,16,29H,12-13H2,1H3,(H,28,31)/b21-14-. The molecule has 0 fully saturated rings. The Morgan fingerprint density at radius 2 is 1.88 bits per heavy atom. The average Bonchev–Trinajstić information content (AvgIpc) is 3.45. The summed E-state index contributed by atoms with van der Waals surface area (Å²) in [6, 6.07) is 20.4. The number of H-pyrrole nitrogens is 1. The molecule has 0 aliphatic rings. The van der Waals surface area contributed by atoms with Gasteiger partial charge >= 0.3 is 0 Å². The number of Topliss-reactive ketones (excluding diaryl/α,β-unsaturated/α-hetero) is 1.